The lowest BCUT2D eigenvalue weighted by Gasteiger charge is -2.16. The van der Waals surface area contributed by atoms with Gasteiger partial charge in [0.15, 0.2) is 0 Å². The van der Waals surface area contributed by atoms with Gasteiger partial charge in [-0.1, -0.05) is 12.1 Å². The summed E-state index contributed by atoms with van der Waals surface area (Å²) < 4.78 is 7.60. The number of hydrazone groups is 1. The predicted octanol–water partition coefficient (Wildman–Crippen LogP) is 2.95. The van der Waals surface area contributed by atoms with Crippen molar-refractivity contribution in [3.63, 3.8) is 0 Å². The van der Waals surface area contributed by atoms with Crippen molar-refractivity contribution < 1.29 is 9.84 Å². The van der Waals surface area contributed by atoms with Gasteiger partial charge >= 0.3 is 0 Å². The second kappa shape index (κ2) is 8.05. The number of nitrogens with zero attached hydrogens (tertiary/aromatic N) is 4. The van der Waals surface area contributed by atoms with Crippen molar-refractivity contribution in [1.82, 2.24) is 14.7 Å². The summed E-state index contributed by atoms with van der Waals surface area (Å²) in [6.45, 7) is 0.0188. The number of benzene rings is 2. The van der Waals surface area contributed by atoms with Crippen LogP contribution < -0.4 is 21.9 Å². The van der Waals surface area contributed by atoms with Crippen molar-refractivity contribution in [2.45, 2.75) is 25.3 Å². The molecule has 0 atom stereocenters. The van der Waals surface area contributed by atoms with Crippen LogP contribution in [0.15, 0.2) is 46.3 Å². The topological polar surface area (TPSA) is 132 Å². The van der Waals surface area contributed by atoms with Gasteiger partial charge in [-0.15, -0.1) is 16.4 Å². The van der Waals surface area contributed by atoms with Gasteiger partial charge in [-0.3, -0.25) is 9.36 Å². The van der Waals surface area contributed by atoms with Gasteiger partial charge in [0.2, 0.25) is 0 Å². The molecule has 5 rings (SSSR count). The van der Waals surface area contributed by atoms with Crippen LogP contribution in [0.1, 0.15) is 24.3 Å². The van der Waals surface area contributed by atoms with Crippen molar-refractivity contribution in [3.8, 4) is 22.9 Å². The first-order valence-corrected chi connectivity index (χ1v) is 11.3. The van der Waals surface area contributed by atoms with E-state index in [1.807, 2.05) is 24.3 Å². The molecule has 1 saturated carbocycles. The Morgan fingerprint density at radius 2 is 2.15 bits per heavy atom. The average molecular weight is 465 g/mol. The van der Waals surface area contributed by atoms with E-state index in [4.69, 9.17) is 21.3 Å². The molecule has 0 aliphatic heterocycles. The second-order valence-corrected chi connectivity index (χ2v) is 9.15. The number of nitrogens with two attached hydrogens (primary N) is 2. The van der Waals surface area contributed by atoms with Crippen LogP contribution in [-0.4, -0.2) is 39.8 Å². The lowest BCUT2D eigenvalue weighted by Crippen LogP contribution is -2.33. The molecule has 0 saturated heterocycles. The lowest BCUT2D eigenvalue weighted by atomic mass is 10.0. The highest BCUT2D eigenvalue weighted by Gasteiger charge is 2.29. The fourth-order valence-electron chi connectivity index (χ4n) is 4.12. The van der Waals surface area contributed by atoms with Crippen LogP contribution in [0.4, 0.5) is 0 Å². The predicted molar refractivity (Wildman–Crippen MR) is 131 cm³/mol. The molecule has 4 aromatic rings. The Morgan fingerprint density at radius 1 is 1.36 bits per heavy atom. The van der Waals surface area contributed by atoms with Crippen molar-refractivity contribution in [1.29, 1.82) is 0 Å². The fourth-order valence-corrected chi connectivity index (χ4v) is 5.19. The number of phenols is 1. The van der Waals surface area contributed by atoms with Gasteiger partial charge < -0.3 is 15.6 Å². The number of amidine groups is 1. The quantitative estimate of drug-likeness (QED) is 0.173. The van der Waals surface area contributed by atoms with Crippen molar-refractivity contribution in [2.75, 3.05) is 14.2 Å². The zero-order valence-corrected chi connectivity index (χ0v) is 19.1. The van der Waals surface area contributed by atoms with Gasteiger partial charge in [0.25, 0.3) is 5.56 Å². The van der Waals surface area contributed by atoms with E-state index in [1.54, 1.807) is 26.3 Å². The number of aromatic nitrogens is 2. The standard InChI is InChI=1S/C23H24N6O3S/c1-28(25)27-18(24)11-29-21(14-9-8-13(32-2)10-16(14)12-6-7-12)26-22-19(23(29)31)15-4-3-5-17(30)20(15)33-22/h3-5,8-10,12,30H,6-7,11,25H2,1-2H3,(H2,24,27). The largest absolute Gasteiger partial charge is 0.506 e. The number of aromatic hydroxyl groups is 1. The van der Waals surface area contributed by atoms with E-state index in [0.717, 1.165) is 34.8 Å². The van der Waals surface area contributed by atoms with Gasteiger partial charge in [-0.2, -0.15) is 0 Å². The molecule has 2 aromatic carbocycles. The summed E-state index contributed by atoms with van der Waals surface area (Å²) in [6.07, 6.45) is 2.15. The molecule has 170 valence electrons. The van der Waals surface area contributed by atoms with E-state index in [9.17, 15) is 9.90 Å². The molecule has 0 spiro atoms. The number of fused-ring (bicyclic) bond motifs is 3. The highest BCUT2D eigenvalue weighted by atomic mass is 32.1. The molecule has 2 heterocycles. The molecule has 0 radical (unpaired) electrons. The first-order valence-electron chi connectivity index (χ1n) is 10.5. The molecule has 9 nitrogen and oxygen atoms in total. The first kappa shape index (κ1) is 21.2. The minimum Gasteiger partial charge on any atom is -0.506 e. The Hall–Kier alpha value is -3.63. The number of hydrazine groups is 1. The summed E-state index contributed by atoms with van der Waals surface area (Å²) in [5.41, 5.74) is 7.81. The van der Waals surface area contributed by atoms with Crippen LogP contribution in [0.3, 0.4) is 0 Å². The van der Waals surface area contributed by atoms with Gasteiger partial charge in [0, 0.05) is 18.0 Å². The van der Waals surface area contributed by atoms with E-state index in [0.29, 0.717) is 32.0 Å². The van der Waals surface area contributed by atoms with Crippen molar-refractivity contribution >= 4 is 37.5 Å². The maximum absolute atomic E-state index is 13.8. The van der Waals surface area contributed by atoms with Gasteiger partial charge in [0.05, 0.1) is 23.7 Å². The number of ether oxygens (including phenoxy) is 1. The van der Waals surface area contributed by atoms with Crippen LogP contribution in [0.25, 0.3) is 31.7 Å². The molecular weight excluding hydrogens is 440 g/mol. The van der Waals surface area contributed by atoms with Gasteiger partial charge in [-0.25, -0.2) is 15.9 Å². The maximum Gasteiger partial charge on any atom is 0.263 e. The molecule has 0 unspecified atom stereocenters. The smallest absolute Gasteiger partial charge is 0.263 e. The van der Waals surface area contributed by atoms with Gasteiger partial charge in [-0.05, 0) is 48.6 Å². The molecule has 0 bridgehead atoms. The number of hydrogen-bond acceptors (Lipinski definition) is 8. The van der Waals surface area contributed by atoms with Crippen LogP contribution in [0.5, 0.6) is 11.5 Å². The molecule has 1 fully saturated rings. The third-order valence-corrected chi connectivity index (χ3v) is 6.84. The highest BCUT2D eigenvalue weighted by Crippen LogP contribution is 2.46. The van der Waals surface area contributed by atoms with E-state index < -0.39 is 0 Å². The molecule has 1 aliphatic rings. The Morgan fingerprint density at radius 3 is 2.85 bits per heavy atom. The Labute approximate surface area is 193 Å². The van der Waals surface area contributed by atoms with E-state index in [1.165, 1.54) is 15.9 Å². The fraction of sp³-hybridized carbons (Fsp3) is 0.261. The summed E-state index contributed by atoms with van der Waals surface area (Å²) in [5, 5.41) is 16.6. The highest BCUT2D eigenvalue weighted by molar-refractivity contribution is 7.25. The zero-order chi connectivity index (χ0) is 23.3. The minimum absolute atomic E-state index is 0.0188. The minimum atomic E-state index is -0.248. The van der Waals surface area contributed by atoms with Crippen molar-refractivity contribution in [3.05, 3.63) is 52.3 Å². The van der Waals surface area contributed by atoms with E-state index >= 15 is 0 Å². The summed E-state index contributed by atoms with van der Waals surface area (Å²) in [4.78, 5) is 19.3. The Balaban J connectivity index is 1.82. The maximum atomic E-state index is 13.8. The monoisotopic (exact) mass is 464 g/mol. The number of thiophene rings is 1. The second-order valence-electron chi connectivity index (χ2n) is 8.16. The Bertz CT molecular complexity index is 1470. The van der Waals surface area contributed by atoms with Crippen LogP contribution in [0.2, 0.25) is 0 Å². The van der Waals surface area contributed by atoms with Crippen LogP contribution >= 0.6 is 11.3 Å². The molecule has 0 amide bonds. The molecule has 1 aliphatic carbocycles. The average Bonchev–Trinajstić information content (AvgIpc) is 3.55. The molecule has 2 aromatic heterocycles. The summed E-state index contributed by atoms with van der Waals surface area (Å²) in [6, 6.07) is 10.9. The van der Waals surface area contributed by atoms with Gasteiger partial charge in [0.1, 0.15) is 28.0 Å². The lowest BCUT2D eigenvalue weighted by molar-refractivity contribution is 0.369. The van der Waals surface area contributed by atoms with E-state index in [-0.39, 0.29) is 23.7 Å². The summed E-state index contributed by atoms with van der Waals surface area (Å²) in [5.74, 6) is 7.57. The third-order valence-electron chi connectivity index (χ3n) is 5.72. The molecule has 5 N–H and O–H groups in total. The van der Waals surface area contributed by atoms with E-state index in [2.05, 4.69) is 5.10 Å². The van der Waals surface area contributed by atoms with Crippen molar-refractivity contribution in [2.24, 2.45) is 16.7 Å². The SMILES string of the molecule is COc1ccc(-c2nc3sc4c(O)cccc4c3c(=O)n2C/C(N)=N/N(C)N)c(C2CC2)c1. The third kappa shape index (κ3) is 3.77. The summed E-state index contributed by atoms with van der Waals surface area (Å²) >= 11 is 1.30. The zero-order valence-electron chi connectivity index (χ0n) is 18.3. The Kier molecular flexibility index (Phi) is 5.18. The molecule has 10 heteroatoms. The number of methoxy groups -OCH3 is 1. The molecular formula is C23H24N6O3S. The normalized spacial score (nSPS) is 14.2. The summed E-state index contributed by atoms with van der Waals surface area (Å²) in [7, 11) is 3.19. The first-order chi connectivity index (χ1) is 15.9. The number of hydrogen-bond donors (Lipinski definition) is 3. The van der Waals surface area contributed by atoms with Crippen LogP contribution in [-0.2, 0) is 6.54 Å². The number of phenolic OH excluding ortho intramolecular Hbond substituents is 1. The van der Waals surface area contributed by atoms with Crippen LogP contribution in [0, 0.1) is 0 Å². The molecule has 33 heavy (non-hydrogen) atoms. The number of rotatable bonds is 6.